The van der Waals surface area contributed by atoms with Crippen molar-refractivity contribution in [2.75, 3.05) is 24.5 Å². The minimum absolute atomic E-state index is 0.0858. The van der Waals surface area contributed by atoms with Crippen LogP contribution >= 0.6 is 11.6 Å². The van der Waals surface area contributed by atoms with Crippen LogP contribution in [-0.2, 0) is 4.79 Å². The van der Waals surface area contributed by atoms with E-state index in [9.17, 15) is 9.59 Å². The molecule has 2 aliphatic rings. The minimum atomic E-state index is -0.122. The lowest BCUT2D eigenvalue weighted by Gasteiger charge is -2.40. The Kier molecular flexibility index (Phi) is 6.15. The Morgan fingerprint density at radius 3 is 2.64 bits per heavy atom. The number of hydrogen-bond donors (Lipinski definition) is 1. The number of amides is 1. The second-order valence-electron chi connectivity index (χ2n) is 9.40. The predicted molar refractivity (Wildman–Crippen MR) is 135 cm³/mol. The van der Waals surface area contributed by atoms with Crippen LogP contribution in [0.5, 0.6) is 0 Å². The number of carbonyl (C=O) groups excluding carboxylic acids is 1. The fourth-order valence-electron chi connectivity index (χ4n) is 5.50. The Hall–Kier alpha value is -2.79. The molecule has 0 aliphatic carbocycles. The number of nitrogens with one attached hydrogen (secondary N) is 1. The van der Waals surface area contributed by atoms with E-state index in [1.807, 2.05) is 42.5 Å². The van der Waals surface area contributed by atoms with Crippen LogP contribution < -0.4 is 10.5 Å². The van der Waals surface area contributed by atoms with Gasteiger partial charge in [0.1, 0.15) is 5.69 Å². The summed E-state index contributed by atoms with van der Waals surface area (Å²) in [6.45, 7) is 4.33. The molecule has 2 fully saturated rings. The Morgan fingerprint density at radius 2 is 1.85 bits per heavy atom. The van der Waals surface area contributed by atoms with Gasteiger partial charge in [-0.1, -0.05) is 41.9 Å². The van der Waals surface area contributed by atoms with Gasteiger partial charge in [-0.05, 0) is 62.8 Å². The average Bonchev–Trinajstić information content (AvgIpc) is 2.84. The number of carbonyl (C=O) groups is 1. The molecule has 0 spiro atoms. The van der Waals surface area contributed by atoms with Crippen LogP contribution in [0.2, 0.25) is 5.02 Å². The van der Waals surface area contributed by atoms with Crippen LogP contribution in [0, 0.1) is 5.92 Å². The molecule has 0 bridgehead atoms. The number of piperidine rings is 2. The fourth-order valence-corrected chi connectivity index (χ4v) is 5.67. The van der Waals surface area contributed by atoms with Crippen molar-refractivity contribution in [1.29, 1.82) is 0 Å². The Balaban J connectivity index is 1.57. The first-order valence-corrected chi connectivity index (χ1v) is 12.4. The second-order valence-corrected chi connectivity index (χ2v) is 9.83. The first-order valence-electron chi connectivity index (χ1n) is 12.0. The van der Waals surface area contributed by atoms with E-state index in [-0.39, 0.29) is 17.4 Å². The fraction of sp³-hybridized carbons (Fsp3) is 0.407. The molecule has 0 saturated carbocycles. The SMILES string of the molecule is C[C@H]1CCCCN1C(=O)[C@@H]1CCCN(c2c(-c3ccccc3)c3cc(Cl)ccc3[nH]c2=O)C1. The van der Waals surface area contributed by atoms with Gasteiger partial charge in [-0.15, -0.1) is 0 Å². The predicted octanol–water partition coefficient (Wildman–Crippen LogP) is 5.47. The summed E-state index contributed by atoms with van der Waals surface area (Å²) in [5, 5.41) is 1.55. The number of benzene rings is 2. The summed E-state index contributed by atoms with van der Waals surface area (Å²) in [7, 11) is 0. The van der Waals surface area contributed by atoms with Crippen molar-refractivity contribution in [2.24, 2.45) is 5.92 Å². The highest BCUT2D eigenvalue weighted by molar-refractivity contribution is 6.31. The molecular weight excluding hydrogens is 434 g/mol. The lowest BCUT2D eigenvalue weighted by molar-refractivity contribution is -0.139. The molecule has 6 heteroatoms. The molecule has 0 unspecified atom stereocenters. The molecule has 5 nitrogen and oxygen atoms in total. The molecule has 33 heavy (non-hydrogen) atoms. The number of hydrogen-bond acceptors (Lipinski definition) is 3. The van der Waals surface area contributed by atoms with Crippen LogP contribution in [0.3, 0.4) is 0 Å². The van der Waals surface area contributed by atoms with E-state index in [1.54, 1.807) is 6.07 Å². The Bertz CT molecular complexity index is 1220. The molecule has 1 amide bonds. The molecule has 1 N–H and O–H groups in total. The van der Waals surface area contributed by atoms with Crippen LogP contribution in [-0.4, -0.2) is 41.5 Å². The first kappa shape index (κ1) is 22.0. The maximum absolute atomic E-state index is 13.4. The van der Waals surface area contributed by atoms with E-state index in [2.05, 4.69) is 21.7 Å². The molecule has 2 saturated heterocycles. The quantitative estimate of drug-likeness (QED) is 0.560. The number of aromatic amines is 1. The van der Waals surface area contributed by atoms with Gasteiger partial charge in [-0.2, -0.15) is 0 Å². The molecule has 2 aromatic carbocycles. The minimum Gasteiger partial charge on any atom is -0.366 e. The number of fused-ring (bicyclic) bond motifs is 1. The zero-order valence-corrected chi connectivity index (χ0v) is 19.8. The van der Waals surface area contributed by atoms with Crippen molar-refractivity contribution in [3.8, 4) is 11.1 Å². The number of H-pyrrole nitrogens is 1. The summed E-state index contributed by atoms with van der Waals surface area (Å²) in [5.74, 6) is 0.158. The molecule has 2 atom stereocenters. The third-order valence-corrected chi connectivity index (χ3v) is 7.42. The monoisotopic (exact) mass is 463 g/mol. The zero-order chi connectivity index (χ0) is 22.9. The summed E-state index contributed by atoms with van der Waals surface area (Å²) in [4.78, 5) is 34.1. The molecule has 2 aliphatic heterocycles. The largest absolute Gasteiger partial charge is 0.366 e. The van der Waals surface area contributed by atoms with Gasteiger partial charge in [0.2, 0.25) is 5.91 Å². The second kappa shape index (κ2) is 9.22. The number of aromatic nitrogens is 1. The Morgan fingerprint density at radius 1 is 1.03 bits per heavy atom. The van der Waals surface area contributed by atoms with E-state index in [4.69, 9.17) is 11.6 Å². The van der Waals surface area contributed by atoms with Crippen LogP contribution in [0.4, 0.5) is 5.69 Å². The van der Waals surface area contributed by atoms with E-state index >= 15 is 0 Å². The molecule has 5 rings (SSSR count). The van der Waals surface area contributed by atoms with Gasteiger partial charge in [0, 0.05) is 47.2 Å². The van der Waals surface area contributed by atoms with E-state index in [0.717, 1.165) is 60.8 Å². The van der Waals surface area contributed by atoms with Gasteiger partial charge in [0.25, 0.3) is 5.56 Å². The number of pyridine rings is 1. The van der Waals surface area contributed by atoms with Gasteiger partial charge in [0.05, 0.1) is 5.92 Å². The van der Waals surface area contributed by atoms with E-state index in [0.29, 0.717) is 23.3 Å². The van der Waals surface area contributed by atoms with Gasteiger partial charge < -0.3 is 14.8 Å². The van der Waals surface area contributed by atoms with Crippen LogP contribution in [0.25, 0.3) is 22.0 Å². The normalized spacial score (nSPS) is 21.4. The number of rotatable bonds is 3. The average molecular weight is 464 g/mol. The van der Waals surface area contributed by atoms with Crippen molar-refractivity contribution < 1.29 is 4.79 Å². The highest BCUT2D eigenvalue weighted by Crippen LogP contribution is 2.37. The maximum Gasteiger partial charge on any atom is 0.272 e. The molecule has 1 aromatic heterocycles. The molecule has 3 aromatic rings. The molecule has 3 heterocycles. The maximum atomic E-state index is 13.4. The van der Waals surface area contributed by atoms with Gasteiger partial charge in [-0.25, -0.2) is 0 Å². The van der Waals surface area contributed by atoms with Crippen LogP contribution in [0.1, 0.15) is 39.0 Å². The third kappa shape index (κ3) is 4.26. The topological polar surface area (TPSA) is 56.4 Å². The zero-order valence-electron chi connectivity index (χ0n) is 19.0. The van der Waals surface area contributed by atoms with Crippen molar-refractivity contribution >= 4 is 34.1 Å². The van der Waals surface area contributed by atoms with Crippen molar-refractivity contribution in [2.45, 2.75) is 45.1 Å². The van der Waals surface area contributed by atoms with E-state index < -0.39 is 0 Å². The van der Waals surface area contributed by atoms with Crippen LogP contribution in [0.15, 0.2) is 53.3 Å². The lowest BCUT2D eigenvalue weighted by Crippen LogP contribution is -2.50. The highest BCUT2D eigenvalue weighted by Gasteiger charge is 2.34. The smallest absolute Gasteiger partial charge is 0.272 e. The molecular formula is C27H30ClN3O2. The summed E-state index contributed by atoms with van der Waals surface area (Å²) in [6, 6.07) is 15.9. The van der Waals surface area contributed by atoms with Crippen molar-refractivity contribution in [1.82, 2.24) is 9.88 Å². The molecule has 0 radical (unpaired) electrons. The van der Waals surface area contributed by atoms with Crippen molar-refractivity contribution in [3.63, 3.8) is 0 Å². The number of likely N-dealkylation sites (tertiary alicyclic amines) is 1. The number of anilines is 1. The van der Waals surface area contributed by atoms with Crippen molar-refractivity contribution in [3.05, 3.63) is 63.9 Å². The first-order chi connectivity index (χ1) is 16.0. The number of halogens is 1. The summed E-state index contributed by atoms with van der Waals surface area (Å²) >= 11 is 6.36. The van der Waals surface area contributed by atoms with E-state index in [1.165, 1.54) is 6.42 Å². The summed E-state index contributed by atoms with van der Waals surface area (Å²) < 4.78 is 0. The van der Waals surface area contributed by atoms with Gasteiger partial charge in [-0.3, -0.25) is 9.59 Å². The van der Waals surface area contributed by atoms with Gasteiger partial charge >= 0.3 is 0 Å². The Labute approximate surface area is 199 Å². The number of nitrogens with zero attached hydrogens (tertiary/aromatic N) is 2. The standard InChI is InChI=1S/C27H30ClN3O2/c1-18-8-5-6-15-31(18)27(33)20-11-7-14-30(17-20)25-24(19-9-3-2-4-10-19)22-16-21(28)12-13-23(22)29-26(25)32/h2-4,9-10,12-13,16,18,20H,5-8,11,14-15,17H2,1H3,(H,29,32)/t18-,20+/m0/s1. The highest BCUT2D eigenvalue weighted by atomic mass is 35.5. The summed E-state index contributed by atoms with van der Waals surface area (Å²) in [6.07, 6.45) is 5.11. The van der Waals surface area contributed by atoms with Gasteiger partial charge in [0.15, 0.2) is 0 Å². The third-order valence-electron chi connectivity index (χ3n) is 7.19. The summed E-state index contributed by atoms with van der Waals surface area (Å²) in [5.41, 5.74) is 3.14. The lowest BCUT2D eigenvalue weighted by atomic mass is 9.92. The molecule has 172 valence electrons.